The summed E-state index contributed by atoms with van der Waals surface area (Å²) in [5.74, 6) is -1.01. The van der Waals surface area contributed by atoms with Crippen molar-refractivity contribution in [2.45, 2.75) is 0 Å². The zero-order valence-corrected chi connectivity index (χ0v) is 12.5. The SMILES string of the molecule is COC(=O)c1cc(C=CC(=O)c2ccc(Cl)cc2)ccc1O. The third-order valence-electron chi connectivity index (χ3n) is 2.98. The number of methoxy groups -OCH3 is 1. The summed E-state index contributed by atoms with van der Waals surface area (Å²) in [5.41, 5.74) is 1.15. The highest BCUT2D eigenvalue weighted by Crippen LogP contribution is 2.20. The maximum absolute atomic E-state index is 12.0. The summed E-state index contributed by atoms with van der Waals surface area (Å²) in [5, 5.41) is 10.2. The monoisotopic (exact) mass is 316 g/mol. The van der Waals surface area contributed by atoms with E-state index >= 15 is 0 Å². The molecule has 2 rings (SSSR count). The van der Waals surface area contributed by atoms with Crippen LogP contribution in [-0.4, -0.2) is 24.0 Å². The van der Waals surface area contributed by atoms with Crippen LogP contribution in [0.4, 0.5) is 0 Å². The normalized spacial score (nSPS) is 10.6. The minimum Gasteiger partial charge on any atom is -0.507 e. The fourth-order valence-electron chi connectivity index (χ4n) is 1.81. The second kappa shape index (κ2) is 6.91. The summed E-state index contributed by atoms with van der Waals surface area (Å²) in [6, 6.07) is 11.0. The van der Waals surface area contributed by atoms with Gasteiger partial charge in [0, 0.05) is 10.6 Å². The second-order valence-electron chi connectivity index (χ2n) is 4.47. The van der Waals surface area contributed by atoms with Gasteiger partial charge in [-0.2, -0.15) is 0 Å². The number of esters is 1. The Morgan fingerprint density at radius 2 is 1.82 bits per heavy atom. The summed E-state index contributed by atoms with van der Waals surface area (Å²) in [7, 11) is 1.23. The average Bonchev–Trinajstić information content (AvgIpc) is 2.53. The summed E-state index contributed by atoms with van der Waals surface area (Å²) < 4.78 is 4.58. The molecule has 0 amide bonds. The Bertz CT molecular complexity index is 733. The smallest absolute Gasteiger partial charge is 0.341 e. The maximum Gasteiger partial charge on any atom is 0.341 e. The fraction of sp³-hybridized carbons (Fsp3) is 0.0588. The van der Waals surface area contributed by atoms with E-state index in [0.29, 0.717) is 16.1 Å². The first-order chi connectivity index (χ1) is 10.5. The minimum atomic E-state index is -0.642. The third kappa shape index (κ3) is 3.74. The van der Waals surface area contributed by atoms with Crippen LogP contribution >= 0.6 is 11.6 Å². The molecule has 112 valence electrons. The third-order valence-corrected chi connectivity index (χ3v) is 3.23. The molecular weight excluding hydrogens is 304 g/mol. The molecule has 1 N–H and O–H groups in total. The predicted molar refractivity (Wildman–Crippen MR) is 84.3 cm³/mol. The number of rotatable bonds is 4. The van der Waals surface area contributed by atoms with E-state index in [1.54, 1.807) is 36.4 Å². The van der Waals surface area contributed by atoms with Gasteiger partial charge in [-0.25, -0.2) is 4.79 Å². The summed E-state index contributed by atoms with van der Waals surface area (Å²) in [6.07, 6.45) is 2.94. The Balaban J connectivity index is 2.21. The molecule has 0 atom stereocenters. The van der Waals surface area contributed by atoms with Crippen molar-refractivity contribution in [1.29, 1.82) is 0 Å². The van der Waals surface area contributed by atoms with Gasteiger partial charge in [-0.1, -0.05) is 23.7 Å². The lowest BCUT2D eigenvalue weighted by Crippen LogP contribution is -2.01. The Morgan fingerprint density at radius 3 is 2.45 bits per heavy atom. The van der Waals surface area contributed by atoms with E-state index in [0.717, 1.165) is 0 Å². The number of phenols is 1. The number of aromatic hydroxyl groups is 1. The van der Waals surface area contributed by atoms with Crippen molar-refractivity contribution in [3.8, 4) is 5.75 Å². The first kappa shape index (κ1) is 15.8. The van der Waals surface area contributed by atoms with Crippen molar-refractivity contribution in [3.05, 3.63) is 70.3 Å². The topological polar surface area (TPSA) is 63.6 Å². The Kier molecular flexibility index (Phi) is 4.96. The van der Waals surface area contributed by atoms with Crippen LogP contribution < -0.4 is 0 Å². The van der Waals surface area contributed by atoms with Crippen molar-refractivity contribution >= 4 is 29.4 Å². The zero-order valence-electron chi connectivity index (χ0n) is 11.7. The average molecular weight is 317 g/mol. The lowest BCUT2D eigenvalue weighted by atomic mass is 10.1. The molecule has 0 aromatic heterocycles. The van der Waals surface area contributed by atoms with E-state index in [4.69, 9.17) is 11.6 Å². The van der Waals surface area contributed by atoms with Crippen molar-refractivity contribution in [3.63, 3.8) is 0 Å². The molecule has 0 aliphatic carbocycles. The summed E-state index contributed by atoms with van der Waals surface area (Å²) >= 11 is 5.77. The number of hydrogen-bond donors (Lipinski definition) is 1. The Hall–Kier alpha value is -2.59. The fourth-order valence-corrected chi connectivity index (χ4v) is 1.94. The van der Waals surface area contributed by atoms with Crippen molar-refractivity contribution < 1.29 is 19.4 Å². The van der Waals surface area contributed by atoms with E-state index in [1.165, 1.54) is 25.3 Å². The van der Waals surface area contributed by atoms with Gasteiger partial charge in [0.05, 0.1) is 7.11 Å². The van der Waals surface area contributed by atoms with Gasteiger partial charge >= 0.3 is 5.97 Å². The molecule has 5 heteroatoms. The van der Waals surface area contributed by atoms with Crippen LogP contribution in [-0.2, 0) is 4.74 Å². The van der Waals surface area contributed by atoms with E-state index in [1.807, 2.05) is 0 Å². The Morgan fingerprint density at radius 1 is 1.14 bits per heavy atom. The largest absolute Gasteiger partial charge is 0.507 e. The van der Waals surface area contributed by atoms with Gasteiger partial charge in [-0.05, 0) is 48.0 Å². The highest BCUT2D eigenvalue weighted by Gasteiger charge is 2.11. The van der Waals surface area contributed by atoms with E-state index in [-0.39, 0.29) is 17.1 Å². The van der Waals surface area contributed by atoms with Crippen molar-refractivity contribution in [2.75, 3.05) is 7.11 Å². The number of phenolic OH excluding ortho intramolecular Hbond substituents is 1. The number of hydrogen-bond acceptors (Lipinski definition) is 4. The van der Waals surface area contributed by atoms with Crippen molar-refractivity contribution in [2.24, 2.45) is 0 Å². The van der Waals surface area contributed by atoms with E-state index in [2.05, 4.69) is 4.74 Å². The number of allylic oxidation sites excluding steroid dienone is 1. The second-order valence-corrected chi connectivity index (χ2v) is 4.91. The van der Waals surface area contributed by atoms with Gasteiger partial charge < -0.3 is 9.84 Å². The molecular formula is C17H13ClO4. The van der Waals surface area contributed by atoms with Crippen LogP contribution in [0.15, 0.2) is 48.5 Å². The molecule has 0 unspecified atom stereocenters. The number of carbonyl (C=O) groups is 2. The molecule has 0 fully saturated rings. The molecule has 0 bridgehead atoms. The predicted octanol–water partition coefficient (Wildman–Crippen LogP) is 3.73. The highest BCUT2D eigenvalue weighted by molar-refractivity contribution is 6.30. The summed E-state index contributed by atoms with van der Waals surface area (Å²) in [6.45, 7) is 0. The number of halogens is 1. The van der Waals surface area contributed by atoms with Crippen LogP contribution in [0.1, 0.15) is 26.3 Å². The van der Waals surface area contributed by atoms with E-state index in [9.17, 15) is 14.7 Å². The van der Waals surface area contributed by atoms with E-state index < -0.39 is 5.97 Å². The lowest BCUT2D eigenvalue weighted by molar-refractivity contribution is 0.0597. The van der Waals surface area contributed by atoms with Crippen LogP contribution in [0.5, 0.6) is 5.75 Å². The standard InChI is InChI=1S/C17H13ClO4/c1-22-17(21)14-10-11(3-9-16(14)20)2-8-15(19)12-4-6-13(18)7-5-12/h2-10,20H,1H3. The number of ketones is 1. The number of benzene rings is 2. The maximum atomic E-state index is 12.0. The molecule has 0 saturated carbocycles. The van der Waals surface area contributed by atoms with Crippen LogP contribution in [0.25, 0.3) is 6.08 Å². The molecule has 2 aromatic rings. The first-order valence-electron chi connectivity index (χ1n) is 6.40. The molecule has 0 heterocycles. The van der Waals surface area contributed by atoms with Crippen molar-refractivity contribution in [1.82, 2.24) is 0 Å². The number of carbonyl (C=O) groups excluding carboxylic acids is 2. The highest BCUT2D eigenvalue weighted by atomic mass is 35.5. The molecule has 2 aromatic carbocycles. The van der Waals surface area contributed by atoms with Crippen LogP contribution in [0, 0.1) is 0 Å². The first-order valence-corrected chi connectivity index (χ1v) is 6.78. The summed E-state index contributed by atoms with van der Waals surface area (Å²) in [4.78, 5) is 23.5. The molecule has 0 aliphatic heterocycles. The lowest BCUT2D eigenvalue weighted by Gasteiger charge is -2.03. The molecule has 22 heavy (non-hydrogen) atoms. The van der Waals surface area contributed by atoms with Crippen LogP contribution in [0.3, 0.4) is 0 Å². The van der Waals surface area contributed by atoms with Gasteiger partial charge in [0.25, 0.3) is 0 Å². The van der Waals surface area contributed by atoms with Crippen LogP contribution in [0.2, 0.25) is 5.02 Å². The van der Waals surface area contributed by atoms with Gasteiger partial charge in [0.2, 0.25) is 0 Å². The molecule has 0 spiro atoms. The van der Waals surface area contributed by atoms with Gasteiger partial charge in [0.1, 0.15) is 11.3 Å². The minimum absolute atomic E-state index is 0.0450. The molecule has 4 nitrogen and oxygen atoms in total. The zero-order chi connectivity index (χ0) is 16.1. The van der Waals surface area contributed by atoms with Gasteiger partial charge in [0.15, 0.2) is 5.78 Å². The molecule has 0 radical (unpaired) electrons. The van der Waals surface area contributed by atoms with Gasteiger partial charge in [-0.15, -0.1) is 0 Å². The quantitative estimate of drug-likeness (QED) is 0.530. The number of ether oxygens (including phenoxy) is 1. The molecule has 0 aliphatic rings. The molecule has 0 saturated heterocycles. The van der Waals surface area contributed by atoms with Gasteiger partial charge in [-0.3, -0.25) is 4.79 Å². The Labute approximate surface area is 132 Å².